The Bertz CT molecular complexity index is 479. The molecule has 1 aromatic rings. The number of aliphatic hydroxyl groups is 1. The molecule has 20 heavy (non-hydrogen) atoms. The molecule has 1 fully saturated rings. The third-order valence-corrected chi connectivity index (χ3v) is 4.02. The summed E-state index contributed by atoms with van der Waals surface area (Å²) in [5, 5.41) is 9.03. The summed E-state index contributed by atoms with van der Waals surface area (Å²) in [4.78, 5) is 2.53. The van der Waals surface area contributed by atoms with E-state index in [0.717, 1.165) is 31.5 Å². The summed E-state index contributed by atoms with van der Waals surface area (Å²) >= 11 is 4.91. The van der Waals surface area contributed by atoms with Crippen LogP contribution in [0.15, 0.2) is 18.2 Å². The van der Waals surface area contributed by atoms with Gasteiger partial charge in [0.1, 0.15) is 10.8 Å². The fourth-order valence-electron chi connectivity index (χ4n) is 2.86. The number of likely N-dealkylation sites (tertiary alicyclic amines) is 1. The van der Waals surface area contributed by atoms with E-state index in [2.05, 4.69) is 4.90 Å². The Morgan fingerprint density at radius 3 is 2.95 bits per heavy atom. The monoisotopic (exact) mass is 296 g/mol. The molecule has 3 nitrogen and oxygen atoms in total. The Morgan fingerprint density at radius 2 is 2.25 bits per heavy atom. The van der Waals surface area contributed by atoms with Gasteiger partial charge in [0.25, 0.3) is 0 Å². The minimum atomic E-state index is -0.297. The number of halogens is 1. The van der Waals surface area contributed by atoms with Gasteiger partial charge in [0.2, 0.25) is 0 Å². The highest BCUT2D eigenvalue weighted by Crippen LogP contribution is 2.21. The molecule has 0 saturated carbocycles. The van der Waals surface area contributed by atoms with E-state index < -0.39 is 0 Å². The lowest BCUT2D eigenvalue weighted by Gasteiger charge is -2.32. The largest absolute Gasteiger partial charge is 0.396 e. The van der Waals surface area contributed by atoms with Crippen molar-refractivity contribution in [3.05, 3.63) is 35.1 Å². The molecule has 0 aliphatic carbocycles. The van der Waals surface area contributed by atoms with Gasteiger partial charge in [-0.2, -0.15) is 0 Å². The SMILES string of the molecule is NC(=S)c1cc(F)cc(CN2CCCC(CCO)C2)c1. The first-order valence-corrected chi connectivity index (χ1v) is 7.42. The van der Waals surface area contributed by atoms with Crippen LogP contribution in [0.3, 0.4) is 0 Å². The number of aliphatic hydroxyl groups excluding tert-OH is 1. The summed E-state index contributed by atoms with van der Waals surface area (Å²) in [7, 11) is 0. The number of rotatable bonds is 5. The van der Waals surface area contributed by atoms with Crippen molar-refractivity contribution in [1.82, 2.24) is 4.90 Å². The van der Waals surface area contributed by atoms with Crippen LogP contribution in [0.5, 0.6) is 0 Å². The van der Waals surface area contributed by atoms with E-state index in [-0.39, 0.29) is 17.4 Å². The quantitative estimate of drug-likeness (QED) is 0.817. The second-order valence-electron chi connectivity index (χ2n) is 5.47. The minimum absolute atomic E-state index is 0.225. The van der Waals surface area contributed by atoms with Gasteiger partial charge in [-0.15, -0.1) is 0 Å². The number of nitrogens with two attached hydrogens (primary N) is 1. The van der Waals surface area contributed by atoms with Gasteiger partial charge in [0.05, 0.1) is 0 Å². The Labute approximate surface area is 124 Å². The molecule has 3 N–H and O–H groups in total. The third-order valence-electron chi connectivity index (χ3n) is 3.79. The lowest BCUT2D eigenvalue weighted by Crippen LogP contribution is -2.35. The molecule has 0 aromatic heterocycles. The Morgan fingerprint density at radius 1 is 1.45 bits per heavy atom. The van der Waals surface area contributed by atoms with Crippen LogP contribution in [0.2, 0.25) is 0 Å². The maximum atomic E-state index is 13.6. The average Bonchev–Trinajstić information content (AvgIpc) is 2.38. The molecule has 1 aliphatic heterocycles. The van der Waals surface area contributed by atoms with Gasteiger partial charge < -0.3 is 10.8 Å². The third kappa shape index (κ3) is 4.23. The van der Waals surface area contributed by atoms with Crippen molar-refractivity contribution in [1.29, 1.82) is 0 Å². The molecule has 0 bridgehead atoms. The molecule has 1 saturated heterocycles. The first-order valence-electron chi connectivity index (χ1n) is 7.01. The fraction of sp³-hybridized carbons (Fsp3) is 0.533. The predicted molar refractivity (Wildman–Crippen MR) is 82.0 cm³/mol. The van der Waals surface area contributed by atoms with Crippen molar-refractivity contribution < 1.29 is 9.50 Å². The van der Waals surface area contributed by atoms with E-state index in [9.17, 15) is 4.39 Å². The standard InChI is InChI=1S/C15H21FN2OS/c16-14-7-12(6-13(8-14)15(17)20)10-18-4-1-2-11(9-18)3-5-19/h6-8,11,19H,1-5,9-10H2,(H2,17,20). The summed E-state index contributed by atoms with van der Waals surface area (Å²) in [6.07, 6.45) is 3.14. The van der Waals surface area contributed by atoms with E-state index in [1.165, 1.54) is 18.6 Å². The number of hydrogen-bond donors (Lipinski definition) is 2. The molecule has 0 radical (unpaired) electrons. The molecule has 1 unspecified atom stereocenters. The molecule has 110 valence electrons. The summed E-state index contributed by atoms with van der Waals surface area (Å²) in [5.74, 6) is 0.242. The van der Waals surface area contributed by atoms with Crippen molar-refractivity contribution in [3.8, 4) is 0 Å². The zero-order chi connectivity index (χ0) is 14.5. The van der Waals surface area contributed by atoms with Crippen molar-refractivity contribution >= 4 is 17.2 Å². The summed E-state index contributed by atoms with van der Waals surface area (Å²) in [6.45, 7) is 2.92. The molecular formula is C15H21FN2OS. The zero-order valence-electron chi connectivity index (χ0n) is 11.5. The minimum Gasteiger partial charge on any atom is -0.396 e. The smallest absolute Gasteiger partial charge is 0.124 e. The second-order valence-corrected chi connectivity index (χ2v) is 5.91. The van der Waals surface area contributed by atoms with Gasteiger partial charge in [-0.1, -0.05) is 12.2 Å². The summed E-state index contributed by atoms with van der Waals surface area (Å²) < 4.78 is 13.6. The molecule has 1 aliphatic rings. The van der Waals surface area contributed by atoms with Gasteiger partial charge in [-0.3, -0.25) is 4.90 Å². The molecule has 0 spiro atoms. The van der Waals surface area contributed by atoms with E-state index in [4.69, 9.17) is 23.1 Å². The Hall–Kier alpha value is -1.04. The summed E-state index contributed by atoms with van der Waals surface area (Å²) in [6, 6.07) is 4.77. The van der Waals surface area contributed by atoms with Gasteiger partial charge >= 0.3 is 0 Å². The van der Waals surface area contributed by atoms with Gasteiger partial charge in [-0.25, -0.2) is 4.39 Å². The van der Waals surface area contributed by atoms with Crippen LogP contribution < -0.4 is 5.73 Å². The summed E-state index contributed by atoms with van der Waals surface area (Å²) in [5.41, 5.74) is 7.05. The van der Waals surface area contributed by atoms with Gasteiger partial charge in [0.15, 0.2) is 0 Å². The molecule has 0 amide bonds. The molecular weight excluding hydrogens is 275 g/mol. The number of hydrogen-bond acceptors (Lipinski definition) is 3. The van der Waals surface area contributed by atoms with Gasteiger partial charge in [-0.05, 0) is 55.5 Å². The topological polar surface area (TPSA) is 49.5 Å². The highest BCUT2D eigenvalue weighted by molar-refractivity contribution is 7.80. The average molecular weight is 296 g/mol. The first-order chi connectivity index (χ1) is 9.58. The maximum absolute atomic E-state index is 13.6. The van der Waals surface area contributed by atoms with Crippen LogP contribution in [-0.2, 0) is 6.54 Å². The maximum Gasteiger partial charge on any atom is 0.124 e. The number of nitrogens with zero attached hydrogens (tertiary/aromatic N) is 1. The van der Waals surface area contributed by atoms with Crippen LogP contribution in [0.25, 0.3) is 0 Å². The van der Waals surface area contributed by atoms with Crippen molar-refractivity contribution in [2.75, 3.05) is 19.7 Å². The van der Waals surface area contributed by atoms with Crippen LogP contribution in [-0.4, -0.2) is 34.7 Å². The van der Waals surface area contributed by atoms with Crippen molar-refractivity contribution in [3.63, 3.8) is 0 Å². The lowest BCUT2D eigenvalue weighted by atomic mass is 9.95. The fourth-order valence-corrected chi connectivity index (χ4v) is 2.97. The number of piperidine rings is 1. The Kier molecular flexibility index (Phi) is 5.46. The normalized spacial score (nSPS) is 20.0. The molecule has 2 rings (SSSR count). The lowest BCUT2D eigenvalue weighted by molar-refractivity contribution is 0.142. The molecule has 1 aromatic carbocycles. The van der Waals surface area contributed by atoms with Crippen molar-refractivity contribution in [2.45, 2.75) is 25.8 Å². The highest BCUT2D eigenvalue weighted by Gasteiger charge is 2.19. The van der Waals surface area contributed by atoms with Crippen LogP contribution in [0.4, 0.5) is 4.39 Å². The predicted octanol–water partition coefficient (Wildman–Crippen LogP) is 2.05. The Balaban J connectivity index is 2.03. The first kappa shape index (κ1) is 15.4. The van der Waals surface area contributed by atoms with Crippen molar-refractivity contribution in [2.24, 2.45) is 11.7 Å². The molecule has 1 heterocycles. The molecule has 1 atom stereocenters. The van der Waals surface area contributed by atoms with Crippen LogP contribution in [0.1, 0.15) is 30.4 Å². The second kappa shape index (κ2) is 7.11. The van der Waals surface area contributed by atoms with E-state index in [1.807, 2.05) is 6.07 Å². The molecule has 5 heteroatoms. The van der Waals surface area contributed by atoms with Crippen LogP contribution >= 0.6 is 12.2 Å². The van der Waals surface area contributed by atoms with E-state index in [1.54, 1.807) is 0 Å². The van der Waals surface area contributed by atoms with E-state index in [0.29, 0.717) is 18.0 Å². The van der Waals surface area contributed by atoms with E-state index >= 15 is 0 Å². The number of benzene rings is 1. The van der Waals surface area contributed by atoms with Crippen LogP contribution in [0, 0.1) is 11.7 Å². The highest BCUT2D eigenvalue weighted by atomic mass is 32.1. The number of thiocarbonyl (C=S) groups is 1. The zero-order valence-corrected chi connectivity index (χ0v) is 12.3. The van der Waals surface area contributed by atoms with Gasteiger partial charge in [0, 0.05) is 25.3 Å².